The van der Waals surface area contributed by atoms with Crippen LogP contribution in [-0.4, -0.2) is 120 Å². The Balaban J connectivity index is 1.61. The number of benzene rings is 2. The number of hydrogen-bond acceptors (Lipinski definition) is 10. The Morgan fingerprint density at radius 2 is 1.44 bits per heavy atom. The van der Waals surface area contributed by atoms with Crippen LogP contribution in [-0.2, 0) is 56.0 Å². The van der Waals surface area contributed by atoms with E-state index in [1.165, 1.54) is 6.92 Å². The van der Waals surface area contributed by atoms with Crippen LogP contribution in [0.4, 0.5) is 0 Å². The molecular weight excluding hydrogens is 768 g/mol. The van der Waals surface area contributed by atoms with Crippen LogP contribution in [0.3, 0.4) is 0 Å². The number of aliphatic hydroxyl groups excluding tert-OH is 1. The number of aromatic nitrogens is 1. The average molecular weight is 819 g/mol. The third kappa shape index (κ3) is 14.3. The van der Waals surface area contributed by atoms with Gasteiger partial charge in [-0.3, -0.25) is 43.2 Å². The fraction of sp³-hybridized carbons (Fsp3) is 0.410. The first-order valence-corrected chi connectivity index (χ1v) is 19.0. The van der Waals surface area contributed by atoms with E-state index < -0.39 is 109 Å². The van der Waals surface area contributed by atoms with Gasteiger partial charge in [0.15, 0.2) is 0 Å². The minimum absolute atomic E-state index is 0.0112. The van der Waals surface area contributed by atoms with Gasteiger partial charge in [-0.15, -0.1) is 0 Å². The summed E-state index contributed by atoms with van der Waals surface area (Å²) >= 11 is 0. The Kier molecular flexibility index (Phi) is 16.9. The predicted molar refractivity (Wildman–Crippen MR) is 211 cm³/mol. The van der Waals surface area contributed by atoms with E-state index in [1.54, 1.807) is 36.5 Å². The van der Waals surface area contributed by atoms with Crippen molar-refractivity contribution in [3.8, 4) is 0 Å². The fourth-order valence-electron chi connectivity index (χ4n) is 6.24. The summed E-state index contributed by atoms with van der Waals surface area (Å²) < 4.78 is 0. The first kappa shape index (κ1) is 44.9. The quantitative estimate of drug-likeness (QED) is 0.103. The number of carbonyl (C=O) groups excluding carboxylic acids is 9. The fourth-order valence-corrected chi connectivity index (χ4v) is 6.24. The monoisotopic (exact) mass is 818 g/mol. The van der Waals surface area contributed by atoms with Gasteiger partial charge in [0.2, 0.25) is 53.2 Å². The lowest BCUT2D eigenvalue weighted by atomic mass is 10.0. The molecule has 12 N–H and O–H groups in total. The first-order chi connectivity index (χ1) is 28.2. The molecular formula is C39H50N10O10. The van der Waals surface area contributed by atoms with Crippen molar-refractivity contribution in [1.82, 2.24) is 47.5 Å². The van der Waals surface area contributed by atoms with Gasteiger partial charge >= 0.3 is 0 Å². The number of H-pyrrole nitrogens is 1. The topological polar surface area (TPSA) is 312 Å². The summed E-state index contributed by atoms with van der Waals surface area (Å²) in [5.41, 5.74) is 7.71. The number of nitrogens with one attached hydrogen (secondary N) is 9. The van der Waals surface area contributed by atoms with Gasteiger partial charge in [-0.05, 0) is 36.5 Å². The standard InChI is InChI=1S/C39H50N10O10/c1-22(51)42-19-33(53)46-30-17-32(52)41-14-8-7-13-27(35(40)55)47-37(57)29(16-24-18-43-26-12-6-5-11-25(24)26)45-34(54)20-44-36(56)28(15-23-9-3-2-4-10-23)48-39(59)31(21-50)49-38(30)58/h2-6,9-12,18,27-31,43,50H,7-8,13-17,19-21H2,1H3,(H2,40,55)(H,41,52)(H,42,51)(H,44,56)(H,45,54)(H,46,53)(H,47,57)(H,48,59)(H,49,58)/t27?,28?,29-,30?,31-/m0/s1. The van der Waals surface area contributed by atoms with Crippen molar-refractivity contribution in [2.75, 3.05) is 26.2 Å². The molecule has 0 saturated carbocycles. The van der Waals surface area contributed by atoms with Crippen molar-refractivity contribution in [3.05, 3.63) is 71.9 Å². The summed E-state index contributed by atoms with van der Waals surface area (Å²) in [7, 11) is 0. The number of fused-ring (bicyclic) bond motifs is 1. The van der Waals surface area contributed by atoms with Crippen LogP contribution in [0, 0.1) is 0 Å². The maximum absolute atomic E-state index is 13.7. The Morgan fingerprint density at radius 3 is 2.15 bits per heavy atom. The molecule has 1 fully saturated rings. The summed E-state index contributed by atoms with van der Waals surface area (Å²) in [5, 5.41) is 30.6. The third-order valence-corrected chi connectivity index (χ3v) is 9.35. The van der Waals surface area contributed by atoms with Gasteiger partial charge in [-0.1, -0.05) is 48.5 Å². The van der Waals surface area contributed by atoms with Gasteiger partial charge < -0.3 is 58.4 Å². The molecule has 1 aliphatic heterocycles. The highest BCUT2D eigenvalue weighted by molar-refractivity contribution is 5.98. The minimum Gasteiger partial charge on any atom is -0.394 e. The maximum atomic E-state index is 13.7. The van der Waals surface area contributed by atoms with Crippen LogP contribution >= 0.6 is 0 Å². The van der Waals surface area contributed by atoms with Crippen LogP contribution in [0.5, 0.6) is 0 Å². The van der Waals surface area contributed by atoms with E-state index in [4.69, 9.17) is 5.73 Å². The molecule has 3 unspecified atom stereocenters. The maximum Gasteiger partial charge on any atom is 0.245 e. The molecule has 20 heteroatoms. The highest BCUT2D eigenvalue weighted by atomic mass is 16.3. The lowest BCUT2D eigenvalue weighted by Crippen LogP contribution is -2.59. The summed E-state index contributed by atoms with van der Waals surface area (Å²) in [6.07, 6.45) is 1.62. The number of carbonyl (C=O) groups is 9. The molecule has 2 aromatic carbocycles. The number of para-hydroxylation sites is 1. The van der Waals surface area contributed by atoms with Crippen molar-refractivity contribution >= 4 is 64.1 Å². The van der Waals surface area contributed by atoms with Crippen LogP contribution in [0.25, 0.3) is 10.9 Å². The number of amides is 9. The van der Waals surface area contributed by atoms with Gasteiger partial charge in [0.1, 0.15) is 30.2 Å². The van der Waals surface area contributed by atoms with E-state index >= 15 is 0 Å². The number of rotatable bonds is 9. The number of primary amides is 1. The Labute approximate surface area is 338 Å². The van der Waals surface area contributed by atoms with E-state index in [9.17, 15) is 48.3 Å². The van der Waals surface area contributed by atoms with Crippen molar-refractivity contribution in [3.63, 3.8) is 0 Å². The van der Waals surface area contributed by atoms with E-state index in [0.29, 0.717) is 17.5 Å². The first-order valence-electron chi connectivity index (χ1n) is 19.0. The largest absolute Gasteiger partial charge is 0.394 e. The normalized spacial score (nSPS) is 22.0. The number of aromatic amines is 1. The zero-order valence-electron chi connectivity index (χ0n) is 32.4. The summed E-state index contributed by atoms with van der Waals surface area (Å²) in [5.74, 6) is -7.27. The molecule has 1 aliphatic rings. The number of aliphatic hydroxyl groups is 1. The molecule has 1 saturated heterocycles. The van der Waals surface area contributed by atoms with Gasteiger partial charge in [0.25, 0.3) is 0 Å². The molecule has 1 aromatic heterocycles. The van der Waals surface area contributed by atoms with Gasteiger partial charge in [0.05, 0.1) is 26.1 Å². The zero-order chi connectivity index (χ0) is 42.9. The molecule has 0 bridgehead atoms. The Bertz CT molecular complexity index is 2010. The van der Waals surface area contributed by atoms with Crippen molar-refractivity contribution in [2.45, 2.75) is 75.7 Å². The van der Waals surface area contributed by atoms with Crippen LogP contribution < -0.4 is 48.3 Å². The van der Waals surface area contributed by atoms with Gasteiger partial charge in [-0.2, -0.15) is 0 Å². The summed E-state index contributed by atoms with van der Waals surface area (Å²) in [6, 6.07) is 8.85. The van der Waals surface area contributed by atoms with Crippen molar-refractivity contribution < 1.29 is 48.3 Å². The molecule has 3 aromatic rings. The second-order valence-electron chi connectivity index (χ2n) is 13.9. The lowest BCUT2D eigenvalue weighted by molar-refractivity contribution is -0.135. The molecule has 5 atom stereocenters. The van der Waals surface area contributed by atoms with Gasteiger partial charge in [-0.25, -0.2) is 0 Å². The summed E-state index contributed by atoms with van der Waals surface area (Å²) in [4.78, 5) is 120. The van der Waals surface area contributed by atoms with Gasteiger partial charge in [0, 0.05) is 43.4 Å². The lowest BCUT2D eigenvalue weighted by Gasteiger charge is -2.24. The van der Waals surface area contributed by atoms with Crippen molar-refractivity contribution in [2.24, 2.45) is 5.73 Å². The number of nitrogens with two attached hydrogens (primary N) is 1. The molecule has 2 heterocycles. The molecule has 0 aliphatic carbocycles. The average Bonchev–Trinajstić information content (AvgIpc) is 3.62. The molecule has 0 spiro atoms. The van der Waals surface area contributed by atoms with Crippen molar-refractivity contribution in [1.29, 1.82) is 0 Å². The van der Waals surface area contributed by atoms with E-state index in [0.717, 1.165) is 10.9 Å². The highest BCUT2D eigenvalue weighted by Gasteiger charge is 2.32. The number of hydrogen-bond donors (Lipinski definition) is 11. The van der Waals surface area contributed by atoms with E-state index in [2.05, 4.69) is 47.5 Å². The summed E-state index contributed by atoms with van der Waals surface area (Å²) in [6.45, 7) is -0.897. The molecule has 59 heavy (non-hydrogen) atoms. The second-order valence-corrected chi connectivity index (χ2v) is 13.9. The Morgan fingerprint density at radius 1 is 0.763 bits per heavy atom. The van der Waals surface area contributed by atoms with Crippen LogP contribution in [0.15, 0.2) is 60.8 Å². The molecule has 316 valence electrons. The van der Waals surface area contributed by atoms with E-state index in [1.807, 2.05) is 24.3 Å². The second kappa shape index (κ2) is 22.2. The van der Waals surface area contributed by atoms with E-state index in [-0.39, 0.29) is 32.2 Å². The third-order valence-electron chi connectivity index (χ3n) is 9.35. The smallest absolute Gasteiger partial charge is 0.245 e. The highest BCUT2D eigenvalue weighted by Crippen LogP contribution is 2.19. The molecule has 4 rings (SSSR count). The Hall–Kier alpha value is -6.83. The zero-order valence-corrected chi connectivity index (χ0v) is 32.4. The van der Waals surface area contributed by atoms with Crippen LogP contribution in [0.2, 0.25) is 0 Å². The minimum atomic E-state index is -1.67. The predicted octanol–water partition coefficient (Wildman–Crippen LogP) is -3.20. The van der Waals surface area contributed by atoms with Crippen LogP contribution in [0.1, 0.15) is 43.7 Å². The molecule has 20 nitrogen and oxygen atoms in total. The molecule has 0 radical (unpaired) electrons. The SMILES string of the molecule is CC(=O)NCC(=O)NC1CC(=O)NCCCCC(C(N)=O)NC(=O)[C@H](Cc2c[nH]c3ccccc23)NC(=O)CNC(=O)C(Cc2ccccc2)NC(=O)[C@H](CO)NC1=O. The molecule has 9 amide bonds.